The second-order valence-electron chi connectivity index (χ2n) is 12.0. The first-order chi connectivity index (χ1) is 18.8. The predicted molar refractivity (Wildman–Crippen MR) is 168 cm³/mol. The lowest BCUT2D eigenvalue weighted by Gasteiger charge is -2.52. The molecular weight excluding hydrogens is 539 g/mol. The molecule has 2 aliphatic rings. The molecular formula is C35H32Cl2OS. The van der Waals surface area contributed by atoms with Gasteiger partial charge in [0.1, 0.15) is 0 Å². The summed E-state index contributed by atoms with van der Waals surface area (Å²) in [6.07, 6.45) is 4.51. The molecule has 2 aliphatic carbocycles. The summed E-state index contributed by atoms with van der Waals surface area (Å²) in [6.45, 7) is 4.59. The van der Waals surface area contributed by atoms with Crippen molar-refractivity contribution in [2.24, 2.45) is 23.7 Å². The summed E-state index contributed by atoms with van der Waals surface area (Å²) in [6, 6.07) is 27.7. The Balaban J connectivity index is 1.42. The summed E-state index contributed by atoms with van der Waals surface area (Å²) < 4.78 is 2.60. The van der Waals surface area contributed by atoms with E-state index >= 15 is 0 Å². The van der Waals surface area contributed by atoms with E-state index in [0.717, 1.165) is 41.5 Å². The maximum Gasteiger partial charge on any atom is 0.0956 e. The lowest BCUT2D eigenvalue weighted by atomic mass is 9.55. The molecule has 0 radical (unpaired) electrons. The first-order valence-electron chi connectivity index (χ1n) is 14.0. The molecule has 4 aromatic carbocycles. The van der Waals surface area contributed by atoms with Gasteiger partial charge >= 0.3 is 0 Å². The molecule has 5 aromatic rings. The topological polar surface area (TPSA) is 20.2 Å². The molecule has 1 aromatic heterocycles. The lowest BCUT2D eigenvalue weighted by Crippen LogP contribution is -2.49. The van der Waals surface area contributed by atoms with E-state index in [-0.39, 0.29) is 11.8 Å². The van der Waals surface area contributed by atoms with Crippen LogP contribution in [0.4, 0.5) is 0 Å². The third-order valence-electron chi connectivity index (χ3n) is 9.48. The quantitative estimate of drug-likeness (QED) is 0.228. The number of hydrogen-bond donors (Lipinski definition) is 1. The van der Waals surface area contributed by atoms with Crippen LogP contribution in [0.25, 0.3) is 42.4 Å². The van der Waals surface area contributed by atoms with Crippen molar-refractivity contribution in [3.05, 3.63) is 94.5 Å². The van der Waals surface area contributed by atoms with Crippen LogP contribution in [-0.4, -0.2) is 5.11 Å². The molecule has 2 fully saturated rings. The number of fused-ring (bicyclic) bond motifs is 5. The Labute approximate surface area is 244 Å². The van der Waals surface area contributed by atoms with Crippen LogP contribution in [0.15, 0.2) is 78.9 Å². The molecule has 7 rings (SSSR count). The van der Waals surface area contributed by atoms with Crippen molar-refractivity contribution in [1.29, 1.82) is 0 Å². The SMILES string of the molecule is CC1CC2CC(C)C(O)(c3ccc(-c4ccc5sc6ccccc6c5c4)cc3-c3ccc(Cl)cc3Cl)C(C1)C2. The van der Waals surface area contributed by atoms with Crippen LogP contribution in [0, 0.1) is 23.7 Å². The minimum absolute atomic E-state index is 0.179. The Kier molecular flexibility index (Phi) is 6.32. The van der Waals surface area contributed by atoms with Crippen molar-refractivity contribution < 1.29 is 5.11 Å². The van der Waals surface area contributed by atoms with Crippen molar-refractivity contribution in [1.82, 2.24) is 0 Å². The van der Waals surface area contributed by atoms with Crippen LogP contribution in [-0.2, 0) is 5.60 Å². The number of halogens is 2. The highest BCUT2D eigenvalue weighted by Gasteiger charge is 2.51. The zero-order valence-corrected chi connectivity index (χ0v) is 24.6. The van der Waals surface area contributed by atoms with Crippen molar-refractivity contribution in [2.45, 2.75) is 45.1 Å². The highest BCUT2D eigenvalue weighted by Crippen LogP contribution is 2.56. The normalized spacial score (nSPS) is 26.8. The molecule has 5 atom stereocenters. The second-order valence-corrected chi connectivity index (χ2v) is 14.0. The van der Waals surface area contributed by atoms with E-state index < -0.39 is 5.60 Å². The molecule has 4 heteroatoms. The van der Waals surface area contributed by atoms with Gasteiger partial charge in [0.05, 0.1) is 5.60 Å². The van der Waals surface area contributed by atoms with Crippen molar-refractivity contribution in [3.8, 4) is 22.3 Å². The van der Waals surface area contributed by atoms with E-state index in [9.17, 15) is 5.11 Å². The molecule has 1 N–H and O–H groups in total. The monoisotopic (exact) mass is 570 g/mol. The molecule has 2 bridgehead atoms. The predicted octanol–water partition coefficient (Wildman–Crippen LogP) is 11.0. The van der Waals surface area contributed by atoms with Gasteiger partial charge in [0.15, 0.2) is 0 Å². The number of benzene rings is 4. The molecule has 0 amide bonds. The molecule has 1 heterocycles. The molecule has 5 unspecified atom stereocenters. The van der Waals surface area contributed by atoms with Gasteiger partial charge in [-0.1, -0.05) is 79.5 Å². The van der Waals surface area contributed by atoms with Gasteiger partial charge in [-0.3, -0.25) is 0 Å². The number of aliphatic hydroxyl groups is 1. The zero-order chi connectivity index (χ0) is 26.9. The Morgan fingerprint density at radius 1 is 0.744 bits per heavy atom. The third-order valence-corrected chi connectivity index (χ3v) is 11.2. The second kappa shape index (κ2) is 9.63. The minimum Gasteiger partial charge on any atom is -0.385 e. The maximum absolute atomic E-state index is 12.7. The molecule has 0 saturated heterocycles. The summed E-state index contributed by atoms with van der Waals surface area (Å²) >= 11 is 15.0. The van der Waals surface area contributed by atoms with E-state index in [2.05, 4.69) is 74.5 Å². The van der Waals surface area contributed by atoms with Crippen molar-refractivity contribution >= 4 is 54.7 Å². The largest absolute Gasteiger partial charge is 0.385 e. The van der Waals surface area contributed by atoms with Gasteiger partial charge in [0.25, 0.3) is 0 Å². The summed E-state index contributed by atoms with van der Waals surface area (Å²) in [5, 5.41) is 16.5. The highest BCUT2D eigenvalue weighted by atomic mass is 35.5. The summed E-state index contributed by atoms with van der Waals surface area (Å²) in [4.78, 5) is 0. The van der Waals surface area contributed by atoms with Gasteiger partial charge in [-0.15, -0.1) is 11.3 Å². The summed E-state index contributed by atoms with van der Waals surface area (Å²) in [5.74, 6) is 1.78. The standard InChI is InChI=1S/C35H32Cl2OS/c1-20-13-22-15-21(2)35(38,25(14-20)16-22)31-11-7-23(17-29(31)27-10-9-26(36)19-32(27)37)24-8-12-34-30(18-24)28-5-3-4-6-33(28)39-34/h3-12,17-22,25,38H,13-16H2,1-2H3. The van der Waals surface area contributed by atoms with E-state index in [1.165, 1.54) is 32.2 Å². The first kappa shape index (κ1) is 25.6. The van der Waals surface area contributed by atoms with E-state index in [0.29, 0.717) is 21.9 Å². The molecule has 1 nitrogen and oxygen atoms in total. The Bertz CT molecular complexity index is 1720. The smallest absolute Gasteiger partial charge is 0.0956 e. The third kappa shape index (κ3) is 4.23. The van der Waals surface area contributed by atoms with E-state index in [1.54, 1.807) is 0 Å². The van der Waals surface area contributed by atoms with E-state index in [1.807, 2.05) is 29.5 Å². The summed E-state index contributed by atoms with van der Waals surface area (Å²) in [7, 11) is 0. The molecule has 2 saturated carbocycles. The van der Waals surface area contributed by atoms with Crippen molar-refractivity contribution in [2.75, 3.05) is 0 Å². The van der Waals surface area contributed by atoms with Gasteiger partial charge in [-0.25, -0.2) is 0 Å². The fourth-order valence-corrected chi connectivity index (χ4v) is 9.37. The fourth-order valence-electron chi connectivity index (χ4n) is 7.77. The van der Waals surface area contributed by atoms with E-state index in [4.69, 9.17) is 23.2 Å². The average Bonchev–Trinajstić information content (AvgIpc) is 3.29. The number of hydrogen-bond acceptors (Lipinski definition) is 2. The Morgan fingerprint density at radius 3 is 2.36 bits per heavy atom. The lowest BCUT2D eigenvalue weighted by molar-refractivity contribution is -0.132. The molecule has 198 valence electrons. The molecule has 0 spiro atoms. The van der Waals surface area contributed by atoms with Crippen LogP contribution in [0.1, 0.15) is 45.1 Å². The average molecular weight is 572 g/mol. The molecule has 39 heavy (non-hydrogen) atoms. The van der Waals surface area contributed by atoms with Gasteiger partial charge in [0, 0.05) is 35.8 Å². The Hall–Kier alpha value is -2.36. The highest BCUT2D eigenvalue weighted by molar-refractivity contribution is 7.25. The summed E-state index contributed by atoms with van der Waals surface area (Å²) in [5.41, 5.74) is 4.33. The number of rotatable bonds is 3. The zero-order valence-electron chi connectivity index (χ0n) is 22.3. The van der Waals surface area contributed by atoms with Crippen LogP contribution in [0.2, 0.25) is 10.0 Å². The van der Waals surface area contributed by atoms with Gasteiger partial charge in [0.2, 0.25) is 0 Å². The van der Waals surface area contributed by atoms with Crippen molar-refractivity contribution in [3.63, 3.8) is 0 Å². The van der Waals surface area contributed by atoms with Gasteiger partial charge in [-0.2, -0.15) is 0 Å². The van der Waals surface area contributed by atoms with Gasteiger partial charge in [-0.05, 0) is 108 Å². The minimum atomic E-state index is -0.893. The van der Waals surface area contributed by atoms with Gasteiger partial charge < -0.3 is 5.11 Å². The maximum atomic E-state index is 12.7. The van der Waals surface area contributed by atoms with Crippen LogP contribution in [0.5, 0.6) is 0 Å². The first-order valence-corrected chi connectivity index (χ1v) is 15.6. The van der Waals surface area contributed by atoms with Crippen LogP contribution in [0.3, 0.4) is 0 Å². The fraction of sp³-hybridized carbons (Fsp3) is 0.314. The Morgan fingerprint density at radius 2 is 1.51 bits per heavy atom. The van der Waals surface area contributed by atoms with Crippen LogP contribution < -0.4 is 0 Å². The number of thiophene rings is 1. The van der Waals surface area contributed by atoms with Crippen LogP contribution >= 0.6 is 34.5 Å². The molecule has 0 aliphatic heterocycles.